The van der Waals surface area contributed by atoms with E-state index in [1.54, 1.807) is 12.1 Å². The van der Waals surface area contributed by atoms with Crippen LogP contribution >= 0.6 is 0 Å². The summed E-state index contributed by atoms with van der Waals surface area (Å²) in [6, 6.07) is 10.9. The van der Waals surface area contributed by atoms with Crippen molar-refractivity contribution in [1.82, 2.24) is 0 Å². The van der Waals surface area contributed by atoms with Gasteiger partial charge in [-0.1, -0.05) is 32.9 Å². The van der Waals surface area contributed by atoms with Gasteiger partial charge < -0.3 is 9.53 Å². The van der Waals surface area contributed by atoms with Crippen LogP contribution in [-0.2, 0) is 0 Å². The lowest BCUT2D eigenvalue weighted by molar-refractivity contribution is 0.0699. The van der Waals surface area contributed by atoms with E-state index in [-0.39, 0.29) is 5.04 Å². The van der Waals surface area contributed by atoms with E-state index in [2.05, 4.69) is 33.9 Å². The molecule has 0 spiro atoms. The van der Waals surface area contributed by atoms with Crippen molar-refractivity contribution in [3.8, 4) is 5.75 Å². The van der Waals surface area contributed by atoms with Gasteiger partial charge in [0.2, 0.25) is 8.32 Å². The van der Waals surface area contributed by atoms with Crippen molar-refractivity contribution in [2.45, 2.75) is 38.9 Å². The molecule has 0 amide bonds. The molecule has 112 valence electrons. The molecule has 21 heavy (non-hydrogen) atoms. The van der Waals surface area contributed by atoms with Gasteiger partial charge in [-0.3, -0.25) is 0 Å². The molecule has 0 aliphatic carbocycles. The maximum Gasteiger partial charge on any atom is 0.336 e. The van der Waals surface area contributed by atoms with Gasteiger partial charge in [-0.25, -0.2) is 4.79 Å². The van der Waals surface area contributed by atoms with Gasteiger partial charge in [0.15, 0.2) is 0 Å². The van der Waals surface area contributed by atoms with Crippen molar-refractivity contribution in [2.24, 2.45) is 0 Å². The van der Waals surface area contributed by atoms with Gasteiger partial charge >= 0.3 is 5.97 Å². The Bertz CT molecular complexity index is 684. The zero-order chi connectivity index (χ0) is 15.8. The quantitative estimate of drug-likeness (QED) is 0.818. The normalized spacial score (nSPS) is 12.4. The molecular formula is C17H22O3Si. The minimum atomic E-state index is -1.88. The highest BCUT2D eigenvalue weighted by molar-refractivity contribution is 6.74. The zero-order valence-electron chi connectivity index (χ0n) is 13.2. The molecule has 0 aliphatic rings. The summed E-state index contributed by atoms with van der Waals surface area (Å²) in [5.41, 5.74) is 0.325. The molecule has 0 bridgehead atoms. The van der Waals surface area contributed by atoms with E-state index >= 15 is 0 Å². The van der Waals surface area contributed by atoms with E-state index in [1.807, 2.05) is 24.3 Å². The maximum absolute atomic E-state index is 11.2. The smallest absolute Gasteiger partial charge is 0.336 e. The fourth-order valence-corrected chi connectivity index (χ4v) is 2.98. The summed E-state index contributed by atoms with van der Waals surface area (Å²) < 4.78 is 6.27. The lowest BCUT2D eigenvalue weighted by atomic mass is 10.0. The number of rotatable bonds is 3. The van der Waals surface area contributed by atoms with E-state index in [9.17, 15) is 9.90 Å². The second kappa shape index (κ2) is 5.19. The Labute approximate surface area is 126 Å². The monoisotopic (exact) mass is 302 g/mol. The van der Waals surface area contributed by atoms with Crippen LogP contribution in [0.5, 0.6) is 5.75 Å². The Morgan fingerprint density at radius 3 is 2.38 bits per heavy atom. The summed E-state index contributed by atoms with van der Waals surface area (Å²) in [7, 11) is -1.88. The van der Waals surface area contributed by atoms with Crippen molar-refractivity contribution in [2.75, 3.05) is 0 Å². The van der Waals surface area contributed by atoms with Crippen molar-refractivity contribution >= 4 is 25.1 Å². The molecule has 3 nitrogen and oxygen atoms in total. The van der Waals surface area contributed by atoms with E-state index in [0.29, 0.717) is 5.56 Å². The Morgan fingerprint density at radius 1 is 1.14 bits per heavy atom. The van der Waals surface area contributed by atoms with E-state index in [4.69, 9.17) is 4.43 Å². The van der Waals surface area contributed by atoms with Gasteiger partial charge in [0, 0.05) is 0 Å². The predicted molar refractivity (Wildman–Crippen MR) is 88.7 cm³/mol. The van der Waals surface area contributed by atoms with Crippen LogP contribution in [0.2, 0.25) is 18.1 Å². The van der Waals surface area contributed by atoms with Crippen molar-refractivity contribution in [1.29, 1.82) is 0 Å². The van der Waals surface area contributed by atoms with Gasteiger partial charge in [-0.2, -0.15) is 0 Å². The molecule has 0 heterocycles. The number of benzene rings is 2. The molecule has 0 unspecified atom stereocenters. The molecule has 2 aromatic rings. The lowest BCUT2D eigenvalue weighted by Gasteiger charge is -2.36. The maximum atomic E-state index is 11.2. The van der Waals surface area contributed by atoms with Crippen LogP contribution in [0.3, 0.4) is 0 Å². The number of fused-ring (bicyclic) bond motifs is 1. The molecule has 4 heteroatoms. The minimum absolute atomic E-state index is 0.130. The minimum Gasteiger partial charge on any atom is -0.543 e. The van der Waals surface area contributed by atoms with Crippen LogP contribution in [0.4, 0.5) is 0 Å². The fraction of sp³-hybridized carbons (Fsp3) is 0.353. The first-order valence-electron chi connectivity index (χ1n) is 7.07. The molecular weight excluding hydrogens is 280 g/mol. The Balaban J connectivity index is 2.43. The van der Waals surface area contributed by atoms with Crippen LogP contribution in [0.1, 0.15) is 31.1 Å². The highest BCUT2D eigenvalue weighted by Gasteiger charge is 2.38. The van der Waals surface area contributed by atoms with Crippen molar-refractivity contribution < 1.29 is 14.3 Å². The SMILES string of the molecule is CC(C)(C)[Si](C)(C)Oc1ccc2c(C(=O)O)cccc2c1. The number of carboxylic acids is 1. The van der Waals surface area contributed by atoms with Gasteiger partial charge in [0.05, 0.1) is 5.56 Å². The summed E-state index contributed by atoms with van der Waals surface area (Å²) in [6.45, 7) is 11.0. The fourth-order valence-electron chi connectivity index (χ4n) is 1.96. The van der Waals surface area contributed by atoms with Gasteiger partial charge in [0.25, 0.3) is 0 Å². The van der Waals surface area contributed by atoms with Gasteiger partial charge in [0.1, 0.15) is 5.75 Å². The number of carboxylic acid groups (broad SMARTS) is 1. The molecule has 0 saturated heterocycles. The van der Waals surface area contributed by atoms with E-state index < -0.39 is 14.3 Å². The van der Waals surface area contributed by atoms with Crippen LogP contribution in [0, 0.1) is 0 Å². The van der Waals surface area contributed by atoms with Crippen molar-refractivity contribution in [3.63, 3.8) is 0 Å². The zero-order valence-corrected chi connectivity index (χ0v) is 14.2. The molecule has 0 saturated carbocycles. The Kier molecular flexibility index (Phi) is 3.85. The summed E-state index contributed by atoms with van der Waals surface area (Å²) in [6.07, 6.45) is 0. The third-order valence-corrected chi connectivity index (χ3v) is 8.62. The van der Waals surface area contributed by atoms with Crippen LogP contribution in [0.15, 0.2) is 36.4 Å². The van der Waals surface area contributed by atoms with Crippen LogP contribution < -0.4 is 4.43 Å². The topological polar surface area (TPSA) is 46.5 Å². The Morgan fingerprint density at radius 2 is 1.81 bits per heavy atom. The highest BCUT2D eigenvalue weighted by atomic mass is 28.4. The van der Waals surface area contributed by atoms with Crippen LogP contribution in [0.25, 0.3) is 10.8 Å². The van der Waals surface area contributed by atoms with Gasteiger partial charge in [-0.05, 0) is 53.2 Å². The molecule has 2 aromatic carbocycles. The predicted octanol–water partition coefficient (Wildman–Crippen LogP) is 4.92. The first kappa shape index (κ1) is 15.6. The molecule has 1 N–H and O–H groups in total. The number of carbonyl (C=O) groups is 1. The second-order valence-corrected chi connectivity index (χ2v) is 11.6. The Hall–Kier alpha value is -1.81. The molecule has 0 fully saturated rings. The number of hydrogen-bond acceptors (Lipinski definition) is 2. The number of hydrogen-bond donors (Lipinski definition) is 1. The average molecular weight is 302 g/mol. The third-order valence-electron chi connectivity index (χ3n) is 4.26. The van der Waals surface area contributed by atoms with Crippen LogP contribution in [-0.4, -0.2) is 19.4 Å². The van der Waals surface area contributed by atoms with Gasteiger partial charge in [-0.15, -0.1) is 0 Å². The molecule has 0 aromatic heterocycles. The molecule has 0 aliphatic heterocycles. The molecule has 0 radical (unpaired) electrons. The highest BCUT2D eigenvalue weighted by Crippen LogP contribution is 2.38. The second-order valence-electron chi connectivity index (χ2n) is 6.86. The summed E-state index contributed by atoms with van der Waals surface area (Å²) in [5, 5.41) is 11.0. The summed E-state index contributed by atoms with van der Waals surface area (Å²) in [4.78, 5) is 11.2. The third kappa shape index (κ3) is 3.10. The summed E-state index contributed by atoms with van der Waals surface area (Å²) >= 11 is 0. The van der Waals surface area contributed by atoms with E-state index in [1.165, 1.54) is 0 Å². The van der Waals surface area contributed by atoms with E-state index in [0.717, 1.165) is 16.5 Å². The first-order chi connectivity index (χ1) is 9.62. The standard InChI is InChI=1S/C17H22O3Si/c1-17(2,3)21(4,5)20-13-9-10-14-12(11-13)7-6-8-15(14)16(18)19/h6-11H,1-5H3,(H,18,19). The van der Waals surface area contributed by atoms with Crippen molar-refractivity contribution in [3.05, 3.63) is 42.0 Å². The average Bonchev–Trinajstić information content (AvgIpc) is 2.35. The largest absolute Gasteiger partial charge is 0.543 e. The first-order valence-corrected chi connectivity index (χ1v) is 9.98. The summed E-state index contributed by atoms with van der Waals surface area (Å²) in [5.74, 6) is -0.0877. The molecule has 2 rings (SSSR count). The lowest BCUT2D eigenvalue weighted by Crippen LogP contribution is -2.43. The molecule has 0 atom stereocenters. The number of aromatic carboxylic acids is 1.